The van der Waals surface area contributed by atoms with Gasteiger partial charge >= 0.3 is 0 Å². The first-order chi connectivity index (χ1) is 16.0. The van der Waals surface area contributed by atoms with Gasteiger partial charge in [0.25, 0.3) is 5.91 Å². The van der Waals surface area contributed by atoms with E-state index in [-0.39, 0.29) is 10.7 Å². The van der Waals surface area contributed by atoms with Crippen LogP contribution in [0.3, 0.4) is 0 Å². The summed E-state index contributed by atoms with van der Waals surface area (Å²) in [6.07, 6.45) is -1.59. The van der Waals surface area contributed by atoms with Crippen LogP contribution in [0.15, 0.2) is 77.7 Å². The van der Waals surface area contributed by atoms with Gasteiger partial charge in [-0.2, -0.15) is 0 Å². The van der Waals surface area contributed by atoms with Gasteiger partial charge in [0.2, 0.25) is 10.0 Å². The number of amidine groups is 1. The minimum Gasteiger partial charge on any atom is -0.384 e. The number of carbonyl (C=O) groups is 1. The van der Waals surface area contributed by atoms with Crippen molar-refractivity contribution in [3.63, 3.8) is 0 Å². The Labute approximate surface area is 197 Å². The van der Waals surface area contributed by atoms with E-state index >= 15 is 0 Å². The van der Waals surface area contributed by atoms with Crippen LogP contribution in [0.5, 0.6) is 0 Å². The predicted octanol–water partition coefficient (Wildman–Crippen LogP) is 2.15. The van der Waals surface area contributed by atoms with E-state index in [1.807, 2.05) is 0 Å². The third-order valence-electron chi connectivity index (χ3n) is 5.60. The van der Waals surface area contributed by atoms with Gasteiger partial charge in [0.15, 0.2) is 6.10 Å². The monoisotopic (exact) mass is 482 g/mol. The summed E-state index contributed by atoms with van der Waals surface area (Å²) in [6, 6.07) is 19.3. The highest BCUT2D eigenvalue weighted by Crippen LogP contribution is 2.31. The van der Waals surface area contributed by atoms with Crippen LogP contribution in [-0.2, 0) is 25.2 Å². The molecular formula is C24H26N4O5S. The molecule has 0 aliphatic rings. The van der Waals surface area contributed by atoms with Crippen molar-refractivity contribution >= 4 is 27.5 Å². The highest BCUT2D eigenvalue weighted by molar-refractivity contribution is 7.89. The highest BCUT2D eigenvalue weighted by Gasteiger charge is 2.40. The van der Waals surface area contributed by atoms with E-state index in [0.29, 0.717) is 27.9 Å². The molecule has 0 spiro atoms. The maximum Gasteiger partial charge on any atom is 0.256 e. The lowest BCUT2D eigenvalue weighted by Gasteiger charge is -2.33. The first kappa shape index (κ1) is 25.1. The van der Waals surface area contributed by atoms with Gasteiger partial charge in [-0.15, -0.1) is 0 Å². The summed E-state index contributed by atoms with van der Waals surface area (Å²) in [5.41, 5.74) is 6.45. The molecule has 0 radical (unpaired) electrons. The normalized spacial score (nSPS) is 14.1. The summed E-state index contributed by atoms with van der Waals surface area (Å²) in [7, 11) is -2.54. The van der Waals surface area contributed by atoms with Crippen LogP contribution in [0.1, 0.15) is 18.1 Å². The molecule has 178 valence electrons. The fraction of sp³-hybridized carbons (Fsp3) is 0.167. The number of ether oxygens (including phenoxy) is 1. The minimum absolute atomic E-state index is 0.00846. The van der Waals surface area contributed by atoms with Crippen LogP contribution >= 0.6 is 0 Å². The number of amides is 1. The SMILES string of the molecule is COC(C)(c1cccc(C(=N)N)c1)C(O)C(=O)Nc1ccc(-c2ccccc2S(N)(=O)=O)cc1. The number of rotatable bonds is 8. The van der Waals surface area contributed by atoms with Gasteiger partial charge in [0.05, 0.1) is 4.90 Å². The topological polar surface area (TPSA) is 169 Å². The molecule has 3 aromatic rings. The first-order valence-electron chi connectivity index (χ1n) is 10.2. The quantitative estimate of drug-likeness (QED) is 0.243. The number of carbonyl (C=O) groups excluding carboxylic acids is 1. The Morgan fingerprint density at radius 1 is 1.09 bits per heavy atom. The van der Waals surface area contributed by atoms with Crippen molar-refractivity contribution in [3.8, 4) is 11.1 Å². The number of methoxy groups -OCH3 is 1. The average molecular weight is 483 g/mol. The Kier molecular flexibility index (Phi) is 7.18. The van der Waals surface area contributed by atoms with Crippen LogP contribution < -0.4 is 16.2 Å². The fourth-order valence-electron chi connectivity index (χ4n) is 3.53. The number of hydrogen-bond acceptors (Lipinski definition) is 6. The van der Waals surface area contributed by atoms with E-state index in [1.54, 1.807) is 73.7 Å². The van der Waals surface area contributed by atoms with E-state index in [2.05, 4.69) is 5.32 Å². The molecule has 0 saturated heterocycles. The van der Waals surface area contributed by atoms with E-state index in [1.165, 1.54) is 13.2 Å². The zero-order valence-corrected chi connectivity index (χ0v) is 19.5. The molecule has 9 nitrogen and oxygen atoms in total. The fourth-order valence-corrected chi connectivity index (χ4v) is 4.29. The highest BCUT2D eigenvalue weighted by atomic mass is 32.2. The molecule has 0 aliphatic carbocycles. The minimum atomic E-state index is -3.91. The van der Waals surface area contributed by atoms with Crippen molar-refractivity contribution in [2.24, 2.45) is 10.9 Å². The largest absolute Gasteiger partial charge is 0.384 e. The van der Waals surface area contributed by atoms with Gasteiger partial charge < -0.3 is 20.9 Å². The summed E-state index contributed by atoms with van der Waals surface area (Å²) >= 11 is 0. The number of nitrogens with one attached hydrogen (secondary N) is 2. The zero-order valence-electron chi connectivity index (χ0n) is 18.6. The molecular weight excluding hydrogens is 456 g/mol. The molecule has 0 aromatic heterocycles. The number of aliphatic hydroxyl groups is 1. The number of hydrogen-bond donors (Lipinski definition) is 5. The Bertz CT molecular complexity index is 1330. The van der Waals surface area contributed by atoms with Crippen molar-refractivity contribution in [2.45, 2.75) is 23.5 Å². The molecule has 0 saturated carbocycles. The van der Waals surface area contributed by atoms with Crippen molar-refractivity contribution in [1.29, 1.82) is 5.41 Å². The molecule has 3 rings (SSSR count). The van der Waals surface area contributed by atoms with Crippen molar-refractivity contribution in [1.82, 2.24) is 0 Å². The Morgan fingerprint density at radius 2 is 1.74 bits per heavy atom. The summed E-state index contributed by atoms with van der Waals surface area (Å²) in [5, 5.41) is 26.4. The van der Waals surface area contributed by atoms with Crippen LogP contribution in [0.25, 0.3) is 11.1 Å². The van der Waals surface area contributed by atoms with E-state index < -0.39 is 27.6 Å². The van der Waals surface area contributed by atoms with E-state index in [9.17, 15) is 18.3 Å². The molecule has 10 heteroatoms. The molecule has 2 atom stereocenters. The second kappa shape index (κ2) is 9.74. The molecule has 0 heterocycles. The number of aliphatic hydroxyl groups excluding tert-OH is 1. The smallest absolute Gasteiger partial charge is 0.256 e. The Balaban J connectivity index is 1.83. The average Bonchev–Trinajstić information content (AvgIpc) is 2.83. The molecule has 34 heavy (non-hydrogen) atoms. The maximum atomic E-state index is 12.8. The van der Waals surface area contributed by atoms with Gasteiger partial charge in [-0.1, -0.05) is 48.5 Å². The third kappa shape index (κ3) is 5.15. The number of sulfonamides is 1. The van der Waals surface area contributed by atoms with Gasteiger partial charge in [0, 0.05) is 23.9 Å². The second-order valence-corrected chi connectivity index (χ2v) is 9.35. The molecule has 0 bridgehead atoms. The Morgan fingerprint density at radius 3 is 2.32 bits per heavy atom. The predicted molar refractivity (Wildman–Crippen MR) is 130 cm³/mol. The summed E-state index contributed by atoms with van der Waals surface area (Å²) in [4.78, 5) is 12.8. The molecule has 7 N–H and O–H groups in total. The van der Waals surface area contributed by atoms with Gasteiger partial charge in [0.1, 0.15) is 11.4 Å². The number of primary sulfonamides is 1. The lowest BCUT2D eigenvalue weighted by molar-refractivity contribution is -0.144. The van der Waals surface area contributed by atoms with Crippen molar-refractivity contribution in [2.75, 3.05) is 12.4 Å². The lowest BCUT2D eigenvalue weighted by Crippen LogP contribution is -2.46. The second-order valence-electron chi connectivity index (χ2n) is 7.82. The van der Waals surface area contributed by atoms with E-state index in [0.717, 1.165) is 0 Å². The molecule has 2 unspecified atom stereocenters. The number of benzene rings is 3. The molecule has 0 fully saturated rings. The van der Waals surface area contributed by atoms with Crippen LogP contribution in [0.4, 0.5) is 5.69 Å². The third-order valence-corrected chi connectivity index (χ3v) is 6.57. The Hall–Kier alpha value is -3.57. The van der Waals surface area contributed by atoms with Gasteiger partial charge in [-0.25, -0.2) is 13.6 Å². The molecule has 3 aromatic carbocycles. The maximum absolute atomic E-state index is 12.8. The lowest BCUT2D eigenvalue weighted by atomic mass is 9.88. The number of nitrogen functional groups attached to an aromatic ring is 1. The molecule has 0 aliphatic heterocycles. The number of anilines is 1. The first-order valence-corrected chi connectivity index (χ1v) is 11.7. The molecule has 1 amide bonds. The number of nitrogens with two attached hydrogens (primary N) is 2. The van der Waals surface area contributed by atoms with Gasteiger partial charge in [-0.05, 0) is 42.3 Å². The summed E-state index contributed by atoms with van der Waals surface area (Å²) in [6.45, 7) is 1.56. The van der Waals surface area contributed by atoms with Gasteiger partial charge in [-0.3, -0.25) is 10.2 Å². The van der Waals surface area contributed by atoms with Crippen molar-refractivity contribution in [3.05, 3.63) is 83.9 Å². The van der Waals surface area contributed by atoms with E-state index in [4.69, 9.17) is 21.0 Å². The summed E-state index contributed by atoms with van der Waals surface area (Å²) in [5.74, 6) is -0.862. The summed E-state index contributed by atoms with van der Waals surface area (Å²) < 4.78 is 29.3. The zero-order chi connectivity index (χ0) is 25.1. The van der Waals surface area contributed by atoms with Crippen molar-refractivity contribution < 1.29 is 23.1 Å². The van der Waals surface area contributed by atoms with Crippen LogP contribution in [-0.4, -0.2) is 38.5 Å². The van der Waals surface area contributed by atoms with Crippen LogP contribution in [0.2, 0.25) is 0 Å². The van der Waals surface area contributed by atoms with Crippen LogP contribution in [0, 0.1) is 5.41 Å². The standard InChI is InChI=1S/C24H26N4O5S/c1-24(33-2,17-7-5-6-16(14-17)22(25)26)21(29)23(30)28-18-12-10-15(11-13-18)19-8-3-4-9-20(19)34(27,31)32/h3-14,21,29H,1-2H3,(H3,25,26)(H,28,30)(H2,27,31,32).